The van der Waals surface area contributed by atoms with Crippen molar-refractivity contribution in [2.45, 2.75) is 18.7 Å². The van der Waals surface area contributed by atoms with Crippen molar-refractivity contribution in [2.75, 3.05) is 0 Å². The summed E-state index contributed by atoms with van der Waals surface area (Å²) in [5, 5.41) is 0. The minimum atomic E-state index is -3.71. The third-order valence-corrected chi connectivity index (χ3v) is 4.41. The molecule has 0 unspecified atom stereocenters. The first-order chi connectivity index (χ1) is 8.88. The summed E-state index contributed by atoms with van der Waals surface area (Å²) in [7, 11) is -3.71. The minimum Gasteiger partial charge on any atom is -0.317 e. The largest absolute Gasteiger partial charge is 0.317 e. The van der Waals surface area contributed by atoms with Crippen molar-refractivity contribution in [3.8, 4) is 0 Å². The van der Waals surface area contributed by atoms with Crippen molar-refractivity contribution in [1.29, 1.82) is 0 Å². The van der Waals surface area contributed by atoms with Gasteiger partial charge in [-0.1, -0.05) is 17.7 Å². The highest BCUT2D eigenvalue weighted by Crippen LogP contribution is 2.17. The van der Waals surface area contributed by atoms with Crippen molar-refractivity contribution >= 4 is 26.0 Å². The fourth-order valence-electron chi connectivity index (χ4n) is 1.50. The zero-order valence-electron chi connectivity index (χ0n) is 10.5. The lowest BCUT2D eigenvalue weighted by molar-refractivity contribution is -0.625. The molecule has 0 N–H and O–H groups in total. The molecular formula is C13H13BrN2O2S. The van der Waals surface area contributed by atoms with Gasteiger partial charge in [0.15, 0.2) is 16.2 Å². The Labute approximate surface area is 121 Å². The van der Waals surface area contributed by atoms with Crippen LogP contribution in [0.25, 0.3) is 4.83 Å². The molecule has 6 heteroatoms. The molecule has 2 rings (SSSR count). The molecule has 0 amide bonds. The van der Waals surface area contributed by atoms with Crippen LogP contribution in [-0.2, 0) is 10.0 Å². The van der Waals surface area contributed by atoms with Crippen LogP contribution in [0.15, 0.2) is 52.1 Å². The summed E-state index contributed by atoms with van der Waals surface area (Å²) < 4.78 is 26.2. The monoisotopic (exact) mass is 340 g/mol. The Hall–Kier alpha value is -1.40. The number of hydrogen-bond acceptors (Lipinski definition) is 2. The van der Waals surface area contributed by atoms with Crippen LogP contribution in [0.3, 0.4) is 0 Å². The number of sulfonamides is 1. The number of halogens is 1. The molecule has 4 nitrogen and oxygen atoms in total. The second-order valence-corrected chi connectivity index (χ2v) is 6.64. The number of aryl methyl sites for hydroxylation is 2. The SMILES string of the molecule is Cc1ccc(S(=O)(=O)[N-][n+]2ccc(C)cc2Br)cc1. The number of benzene rings is 1. The lowest BCUT2D eigenvalue weighted by atomic mass is 10.2. The number of nitrogens with zero attached hydrogens (tertiary/aromatic N) is 2. The molecule has 0 saturated carbocycles. The van der Waals surface area contributed by atoms with Gasteiger partial charge in [-0.15, -0.1) is 0 Å². The van der Waals surface area contributed by atoms with Crippen LogP contribution in [0.5, 0.6) is 0 Å². The van der Waals surface area contributed by atoms with Gasteiger partial charge in [-0.05, 0) is 31.5 Å². The Kier molecular flexibility index (Phi) is 3.91. The average Bonchev–Trinajstić information content (AvgIpc) is 2.33. The first-order valence-electron chi connectivity index (χ1n) is 5.61. The lowest BCUT2D eigenvalue weighted by Crippen LogP contribution is -2.33. The van der Waals surface area contributed by atoms with Gasteiger partial charge in [0.05, 0.1) is 4.90 Å². The number of aromatic nitrogens is 1. The van der Waals surface area contributed by atoms with Gasteiger partial charge in [0.25, 0.3) is 0 Å². The third-order valence-electron chi connectivity index (χ3n) is 2.56. The molecule has 1 aromatic heterocycles. The third kappa shape index (κ3) is 3.33. The van der Waals surface area contributed by atoms with Crippen LogP contribution in [0, 0.1) is 13.8 Å². The standard InChI is InChI=1S/C13H13BrN2O2S/c1-10-3-5-12(6-4-10)19(17,18)15-16-8-7-11(2)9-13(16)14/h3-9H,1-2H3. The van der Waals surface area contributed by atoms with E-state index in [-0.39, 0.29) is 4.90 Å². The maximum Gasteiger partial charge on any atom is 0.244 e. The highest BCUT2D eigenvalue weighted by molar-refractivity contribution is 9.10. The van der Waals surface area contributed by atoms with Crippen LogP contribution >= 0.6 is 15.9 Å². The summed E-state index contributed by atoms with van der Waals surface area (Å²) in [6, 6.07) is 10.2. The smallest absolute Gasteiger partial charge is 0.244 e. The van der Waals surface area contributed by atoms with Crippen LogP contribution in [0.4, 0.5) is 0 Å². The fourth-order valence-corrected chi connectivity index (χ4v) is 3.11. The molecule has 0 spiro atoms. The first kappa shape index (κ1) is 14.0. The van der Waals surface area contributed by atoms with E-state index in [1.165, 1.54) is 4.68 Å². The van der Waals surface area contributed by atoms with Crippen LogP contribution in [-0.4, -0.2) is 8.42 Å². The maximum atomic E-state index is 12.1. The quantitative estimate of drug-likeness (QED) is 0.637. The van der Waals surface area contributed by atoms with Crippen LogP contribution in [0.1, 0.15) is 11.1 Å². The van der Waals surface area contributed by atoms with Crippen LogP contribution < -0.4 is 4.68 Å². The van der Waals surface area contributed by atoms with Gasteiger partial charge >= 0.3 is 0 Å². The van der Waals surface area contributed by atoms with Crippen molar-refractivity contribution in [1.82, 2.24) is 0 Å². The van der Waals surface area contributed by atoms with Gasteiger partial charge in [-0.25, -0.2) is 13.1 Å². The molecule has 1 aromatic carbocycles. The van der Waals surface area contributed by atoms with E-state index in [0.717, 1.165) is 11.1 Å². The molecular weight excluding hydrogens is 328 g/mol. The van der Waals surface area contributed by atoms with E-state index >= 15 is 0 Å². The van der Waals surface area contributed by atoms with Gasteiger partial charge in [0.2, 0.25) is 4.60 Å². The van der Waals surface area contributed by atoms with E-state index in [2.05, 4.69) is 20.8 Å². The van der Waals surface area contributed by atoms with Crippen molar-refractivity contribution in [3.05, 3.63) is 63.2 Å². The van der Waals surface area contributed by atoms with Gasteiger partial charge in [-0.2, -0.15) is 0 Å². The molecule has 100 valence electrons. The van der Waals surface area contributed by atoms with Gasteiger partial charge in [0.1, 0.15) is 0 Å². The molecule has 0 radical (unpaired) electrons. The average molecular weight is 341 g/mol. The van der Waals surface area contributed by atoms with Gasteiger partial charge < -0.3 is 4.83 Å². The normalized spacial score (nSPS) is 11.3. The van der Waals surface area contributed by atoms with E-state index in [1.807, 2.05) is 13.8 Å². The molecule has 0 saturated heterocycles. The van der Waals surface area contributed by atoms with Gasteiger partial charge in [0, 0.05) is 28.1 Å². The molecule has 0 fully saturated rings. The summed E-state index contributed by atoms with van der Waals surface area (Å²) in [5.41, 5.74) is 2.02. The van der Waals surface area contributed by atoms with E-state index in [0.29, 0.717) is 4.60 Å². The molecule has 0 aliphatic rings. The summed E-state index contributed by atoms with van der Waals surface area (Å²) in [6.45, 7) is 3.82. The molecule has 0 bridgehead atoms. The highest BCUT2D eigenvalue weighted by atomic mass is 79.9. The van der Waals surface area contributed by atoms with Crippen molar-refractivity contribution < 1.29 is 13.1 Å². The number of pyridine rings is 1. The second kappa shape index (κ2) is 5.30. The molecule has 0 atom stereocenters. The topological polar surface area (TPSA) is 52.1 Å². The summed E-state index contributed by atoms with van der Waals surface area (Å²) >= 11 is 3.29. The summed E-state index contributed by atoms with van der Waals surface area (Å²) in [4.78, 5) is 3.95. The van der Waals surface area contributed by atoms with Crippen LogP contribution in [0.2, 0.25) is 0 Å². The maximum absolute atomic E-state index is 12.1. The Morgan fingerprint density at radius 2 is 1.68 bits per heavy atom. The minimum absolute atomic E-state index is 0.179. The van der Waals surface area contributed by atoms with E-state index in [4.69, 9.17) is 0 Å². The Balaban J connectivity index is 2.33. The van der Waals surface area contributed by atoms with Crippen molar-refractivity contribution in [3.63, 3.8) is 0 Å². The first-order valence-corrected chi connectivity index (χ1v) is 7.84. The predicted molar refractivity (Wildman–Crippen MR) is 76.2 cm³/mol. The molecule has 19 heavy (non-hydrogen) atoms. The van der Waals surface area contributed by atoms with E-state index < -0.39 is 10.0 Å². The zero-order chi connectivity index (χ0) is 14.0. The Morgan fingerprint density at radius 1 is 1.05 bits per heavy atom. The summed E-state index contributed by atoms with van der Waals surface area (Å²) in [5.74, 6) is 0. The molecule has 2 aromatic rings. The molecule has 0 aliphatic heterocycles. The second-order valence-electron chi connectivity index (χ2n) is 4.24. The summed E-state index contributed by atoms with van der Waals surface area (Å²) in [6.07, 6.45) is 1.60. The van der Waals surface area contributed by atoms with Crippen molar-refractivity contribution in [2.24, 2.45) is 0 Å². The fraction of sp³-hybridized carbons (Fsp3) is 0.154. The van der Waals surface area contributed by atoms with E-state index in [1.54, 1.807) is 42.6 Å². The van der Waals surface area contributed by atoms with E-state index in [9.17, 15) is 8.42 Å². The predicted octanol–water partition coefficient (Wildman–Crippen LogP) is 2.88. The zero-order valence-corrected chi connectivity index (χ0v) is 12.9. The number of hydrogen-bond donors (Lipinski definition) is 0. The van der Waals surface area contributed by atoms with Gasteiger partial charge in [-0.3, -0.25) is 0 Å². The Bertz CT molecular complexity index is 697. The lowest BCUT2D eigenvalue weighted by Gasteiger charge is -2.15. The molecule has 0 aliphatic carbocycles. The highest BCUT2D eigenvalue weighted by Gasteiger charge is 2.10. The number of rotatable bonds is 3. The molecule has 1 heterocycles. The Morgan fingerprint density at radius 3 is 2.26 bits per heavy atom.